The van der Waals surface area contributed by atoms with E-state index in [2.05, 4.69) is 10.2 Å². The van der Waals surface area contributed by atoms with Gasteiger partial charge in [0.2, 0.25) is 0 Å². The number of hydrogen-bond donors (Lipinski definition) is 1. The predicted octanol–water partition coefficient (Wildman–Crippen LogP) is 3.87. The molecule has 2 aromatic carbocycles. The molecule has 3 saturated heterocycles. The van der Waals surface area contributed by atoms with Gasteiger partial charge in [-0.05, 0) is 50.0 Å². The van der Waals surface area contributed by atoms with Crippen molar-refractivity contribution in [2.24, 2.45) is 5.92 Å². The molecule has 6 heteroatoms. The number of amides is 1. The second kappa shape index (κ2) is 7.64. The molecule has 0 aromatic heterocycles. The van der Waals surface area contributed by atoms with Crippen LogP contribution in [-0.4, -0.2) is 36.7 Å². The van der Waals surface area contributed by atoms with E-state index in [1.165, 1.54) is 24.3 Å². The molecule has 2 aromatic rings. The van der Waals surface area contributed by atoms with Crippen molar-refractivity contribution in [1.29, 1.82) is 0 Å². The van der Waals surface area contributed by atoms with Crippen LogP contribution < -0.4 is 5.32 Å². The molecule has 0 radical (unpaired) electrons. The number of ether oxygens (including phenoxy) is 1. The van der Waals surface area contributed by atoms with Gasteiger partial charge < -0.3 is 15.0 Å². The minimum atomic E-state index is -1.01. The van der Waals surface area contributed by atoms with E-state index >= 15 is 0 Å². The number of nitrogens with zero attached hydrogens (tertiary/aromatic N) is 1. The Bertz CT molecular complexity index is 821. The number of halogens is 2. The normalized spacial score (nSPS) is 25.0. The lowest BCUT2D eigenvalue weighted by molar-refractivity contribution is 0.0589. The van der Waals surface area contributed by atoms with Crippen molar-refractivity contribution >= 4 is 6.09 Å². The van der Waals surface area contributed by atoms with Gasteiger partial charge >= 0.3 is 6.09 Å². The third kappa shape index (κ3) is 3.95. The third-order valence-electron chi connectivity index (χ3n) is 5.52. The molecular formula is C21H22F2N2O2. The van der Waals surface area contributed by atoms with Crippen LogP contribution in [-0.2, 0) is 4.74 Å². The number of piperidine rings is 3. The second-order valence-electron chi connectivity index (χ2n) is 7.25. The van der Waals surface area contributed by atoms with Crippen LogP contribution in [0.2, 0.25) is 0 Å². The molecule has 2 unspecified atom stereocenters. The molecule has 0 saturated carbocycles. The topological polar surface area (TPSA) is 41.6 Å². The Balaban J connectivity index is 1.54. The quantitative estimate of drug-likeness (QED) is 0.886. The van der Waals surface area contributed by atoms with E-state index in [1.807, 2.05) is 0 Å². The molecule has 4 nitrogen and oxygen atoms in total. The fourth-order valence-corrected chi connectivity index (χ4v) is 4.09. The van der Waals surface area contributed by atoms with Crippen molar-refractivity contribution < 1.29 is 18.3 Å². The molecule has 3 aliphatic heterocycles. The van der Waals surface area contributed by atoms with E-state index in [-0.39, 0.29) is 11.6 Å². The van der Waals surface area contributed by atoms with Gasteiger partial charge in [0.1, 0.15) is 11.6 Å². The second-order valence-corrected chi connectivity index (χ2v) is 7.25. The predicted molar refractivity (Wildman–Crippen MR) is 97.2 cm³/mol. The smallest absolute Gasteiger partial charge is 0.408 e. The third-order valence-corrected chi connectivity index (χ3v) is 5.52. The van der Waals surface area contributed by atoms with Gasteiger partial charge in [0.25, 0.3) is 0 Å². The molecular weight excluding hydrogens is 350 g/mol. The van der Waals surface area contributed by atoms with Crippen LogP contribution >= 0.6 is 0 Å². The highest BCUT2D eigenvalue weighted by atomic mass is 19.1. The largest absolute Gasteiger partial charge is 0.436 e. The first kappa shape index (κ1) is 17.9. The van der Waals surface area contributed by atoms with Gasteiger partial charge in [0.05, 0.1) is 0 Å². The molecule has 1 N–H and O–H groups in total. The Hall–Kier alpha value is -2.47. The minimum absolute atomic E-state index is 0.0359. The maximum absolute atomic E-state index is 14.3. The summed E-state index contributed by atoms with van der Waals surface area (Å²) in [5.74, 6) is -0.513. The zero-order valence-corrected chi connectivity index (χ0v) is 14.9. The number of benzene rings is 2. The highest BCUT2D eigenvalue weighted by molar-refractivity contribution is 5.68. The molecule has 3 heterocycles. The number of alkyl carbamates (subject to hydrolysis) is 1. The lowest BCUT2D eigenvalue weighted by Gasteiger charge is -2.44. The maximum Gasteiger partial charge on any atom is 0.408 e. The SMILES string of the molecule is O=C(NC1CN2CCC1CC2)OC(c1cccc(F)c1)c1ccccc1F. The van der Waals surface area contributed by atoms with Crippen molar-refractivity contribution in [3.05, 3.63) is 71.3 Å². The van der Waals surface area contributed by atoms with Crippen LogP contribution in [0.25, 0.3) is 0 Å². The summed E-state index contributed by atoms with van der Waals surface area (Å²) in [7, 11) is 0. The highest BCUT2D eigenvalue weighted by Crippen LogP contribution is 2.30. The van der Waals surface area contributed by atoms with Crippen LogP contribution in [0.15, 0.2) is 48.5 Å². The summed E-state index contributed by atoms with van der Waals surface area (Å²) in [6.07, 6.45) is 0.506. The van der Waals surface area contributed by atoms with Gasteiger partial charge in [0.15, 0.2) is 6.10 Å². The summed E-state index contributed by atoms with van der Waals surface area (Å²) in [6.45, 7) is 2.95. The molecule has 2 atom stereocenters. The average molecular weight is 372 g/mol. The fourth-order valence-electron chi connectivity index (χ4n) is 4.09. The highest BCUT2D eigenvalue weighted by Gasteiger charge is 2.35. The van der Waals surface area contributed by atoms with E-state index in [0.29, 0.717) is 11.5 Å². The Morgan fingerprint density at radius 1 is 1.11 bits per heavy atom. The minimum Gasteiger partial charge on any atom is -0.436 e. The first-order valence-electron chi connectivity index (χ1n) is 9.29. The molecule has 3 fully saturated rings. The lowest BCUT2D eigenvalue weighted by Crippen LogP contribution is -2.57. The summed E-state index contributed by atoms with van der Waals surface area (Å²) in [4.78, 5) is 14.9. The van der Waals surface area contributed by atoms with E-state index in [9.17, 15) is 13.6 Å². The summed E-state index contributed by atoms with van der Waals surface area (Å²) in [5.41, 5.74) is 0.594. The molecule has 0 aliphatic carbocycles. The van der Waals surface area contributed by atoms with Crippen LogP contribution in [0.5, 0.6) is 0 Å². The van der Waals surface area contributed by atoms with Gasteiger partial charge in [-0.1, -0.05) is 30.3 Å². The monoisotopic (exact) mass is 372 g/mol. The van der Waals surface area contributed by atoms with Gasteiger partial charge in [-0.25, -0.2) is 13.6 Å². The van der Waals surface area contributed by atoms with E-state index in [1.54, 1.807) is 24.3 Å². The number of carbonyl (C=O) groups is 1. The van der Waals surface area contributed by atoms with Crippen molar-refractivity contribution in [3.8, 4) is 0 Å². The molecule has 5 rings (SSSR count). The van der Waals surface area contributed by atoms with Gasteiger partial charge in [-0.15, -0.1) is 0 Å². The van der Waals surface area contributed by atoms with Crippen molar-refractivity contribution in [1.82, 2.24) is 10.2 Å². The first-order valence-corrected chi connectivity index (χ1v) is 9.29. The van der Waals surface area contributed by atoms with Gasteiger partial charge in [-0.3, -0.25) is 0 Å². The Morgan fingerprint density at radius 3 is 2.56 bits per heavy atom. The van der Waals surface area contributed by atoms with Gasteiger partial charge in [-0.2, -0.15) is 0 Å². The van der Waals surface area contributed by atoms with E-state index in [4.69, 9.17) is 4.74 Å². The molecule has 27 heavy (non-hydrogen) atoms. The fraction of sp³-hybridized carbons (Fsp3) is 0.381. The molecule has 142 valence electrons. The van der Waals surface area contributed by atoms with E-state index < -0.39 is 23.8 Å². The number of rotatable bonds is 4. The number of nitrogens with one attached hydrogen (secondary N) is 1. The molecule has 2 bridgehead atoms. The van der Waals surface area contributed by atoms with E-state index in [0.717, 1.165) is 32.5 Å². The van der Waals surface area contributed by atoms with Gasteiger partial charge in [0, 0.05) is 23.7 Å². The van der Waals surface area contributed by atoms with Crippen LogP contribution in [0, 0.1) is 17.6 Å². The molecule has 1 amide bonds. The maximum atomic E-state index is 14.3. The number of fused-ring (bicyclic) bond motifs is 3. The average Bonchev–Trinajstić information content (AvgIpc) is 2.68. The lowest BCUT2D eigenvalue weighted by atomic mass is 9.84. The molecule has 0 spiro atoms. The van der Waals surface area contributed by atoms with Crippen LogP contribution in [0.3, 0.4) is 0 Å². The summed E-state index contributed by atoms with van der Waals surface area (Å²) >= 11 is 0. The van der Waals surface area contributed by atoms with Crippen molar-refractivity contribution in [2.45, 2.75) is 25.0 Å². The Morgan fingerprint density at radius 2 is 1.89 bits per heavy atom. The Labute approximate surface area is 157 Å². The Kier molecular flexibility index (Phi) is 5.07. The first-order chi connectivity index (χ1) is 13.1. The summed E-state index contributed by atoms with van der Waals surface area (Å²) < 4.78 is 33.6. The van der Waals surface area contributed by atoms with Crippen LogP contribution in [0.1, 0.15) is 30.1 Å². The van der Waals surface area contributed by atoms with Crippen molar-refractivity contribution in [3.63, 3.8) is 0 Å². The summed E-state index contributed by atoms with van der Waals surface area (Å²) in [6, 6.07) is 11.8. The van der Waals surface area contributed by atoms with Crippen molar-refractivity contribution in [2.75, 3.05) is 19.6 Å². The standard InChI is InChI=1S/C21H22F2N2O2/c22-16-5-3-4-15(12-16)20(17-6-1-2-7-18(17)23)27-21(26)24-19-13-25-10-8-14(19)9-11-25/h1-7,12,14,19-20H,8-11,13H2,(H,24,26). The zero-order valence-electron chi connectivity index (χ0n) is 14.9. The summed E-state index contributed by atoms with van der Waals surface area (Å²) in [5, 5.41) is 2.94. The number of hydrogen-bond acceptors (Lipinski definition) is 3. The van der Waals surface area contributed by atoms with Crippen LogP contribution in [0.4, 0.5) is 13.6 Å². The zero-order chi connectivity index (χ0) is 18.8. The molecule has 3 aliphatic rings. The number of carbonyl (C=O) groups excluding carboxylic acids is 1.